The summed E-state index contributed by atoms with van der Waals surface area (Å²) in [5.74, 6) is -0.241. The highest BCUT2D eigenvalue weighted by Gasteiger charge is 2.42. The summed E-state index contributed by atoms with van der Waals surface area (Å²) in [7, 11) is 0. The van der Waals surface area contributed by atoms with Gasteiger partial charge in [-0.05, 0) is 96.1 Å². The van der Waals surface area contributed by atoms with Crippen LogP contribution >= 0.6 is 39.7 Å². The van der Waals surface area contributed by atoms with Crippen LogP contribution in [0.2, 0.25) is 5.02 Å². The van der Waals surface area contributed by atoms with Gasteiger partial charge in [0, 0.05) is 33.7 Å². The van der Waals surface area contributed by atoms with E-state index in [-0.39, 0.29) is 23.9 Å². The number of benzene rings is 2. The van der Waals surface area contributed by atoms with E-state index in [1.54, 1.807) is 6.20 Å². The van der Waals surface area contributed by atoms with Crippen LogP contribution in [0.1, 0.15) is 48.6 Å². The van der Waals surface area contributed by atoms with Gasteiger partial charge in [-0.1, -0.05) is 43.6 Å². The summed E-state index contributed by atoms with van der Waals surface area (Å²) in [6.07, 6.45) is 1.80. The van der Waals surface area contributed by atoms with Gasteiger partial charge in [-0.2, -0.15) is 0 Å². The number of para-hydroxylation sites is 1. The number of nitrogens with one attached hydrogen (secondary N) is 2. The lowest BCUT2D eigenvalue weighted by Crippen LogP contribution is -2.29. The Hall–Kier alpha value is -3.20. The number of aromatic nitrogens is 2. The third kappa shape index (κ3) is 5.21. The number of carbonyl (C=O) groups is 1. The fraction of sp³-hybridized carbons (Fsp3) is 0.233. The molecule has 6 nitrogen and oxygen atoms in total. The molecule has 5 rings (SSSR count). The topological polar surface area (TPSA) is 62.2 Å². The number of rotatable bonds is 6. The van der Waals surface area contributed by atoms with Gasteiger partial charge < -0.3 is 20.1 Å². The number of pyridine rings is 1. The maximum atomic E-state index is 12.3. The van der Waals surface area contributed by atoms with Crippen LogP contribution in [0.15, 0.2) is 77.4 Å². The standard InChI is InChI=1S/C30H29BrClN5OS/c1-17(2)29(38)34-24-13-12-20(16-23(24)32)37-28(27(35-30(37)39)25-10-7-8-14-33-25)21-15-18(3)36(19(21)4)26-11-6-5-9-22(26)31/h5-17,27-28H,1-4H3,(H,34,38)(H,35,39)/t27-,28-/m0/s1. The minimum atomic E-state index is -0.193. The SMILES string of the molecule is Cc1cc([C@H]2[C@H](c3ccccn3)NC(=S)N2c2ccc(NC(=O)C(C)C)c(Cl)c2)c(C)n1-c1ccccc1Br. The van der Waals surface area contributed by atoms with Crippen molar-refractivity contribution in [2.75, 3.05) is 10.2 Å². The molecule has 1 aliphatic rings. The normalized spacial score (nSPS) is 17.0. The summed E-state index contributed by atoms with van der Waals surface area (Å²) < 4.78 is 3.27. The Balaban J connectivity index is 1.63. The molecular formula is C30H29BrClN5OS. The highest BCUT2D eigenvalue weighted by molar-refractivity contribution is 9.10. The summed E-state index contributed by atoms with van der Waals surface area (Å²) in [5, 5.41) is 7.45. The zero-order chi connectivity index (χ0) is 27.8. The van der Waals surface area contributed by atoms with Crippen molar-refractivity contribution < 1.29 is 4.79 Å². The fourth-order valence-corrected chi connectivity index (χ4v) is 6.10. The Morgan fingerprint density at radius 3 is 2.51 bits per heavy atom. The molecule has 9 heteroatoms. The minimum Gasteiger partial charge on any atom is -0.351 e. The second-order valence-corrected chi connectivity index (χ2v) is 11.6. The number of anilines is 2. The van der Waals surface area contributed by atoms with Crippen LogP contribution < -0.4 is 15.5 Å². The van der Waals surface area contributed by atoms with E-state index in [0.29, 0.717) is 15.8 Å². The molecule has 1 saturated heterocycles. The van der Waals surface area contributed by atoms with Crippen LogP contribution in [0.3, 0.4) is 0 Å². The molecule has 0 bridgehead atoms. The number of carbonyl (C=O) groups excluding carboxylic acids is 1. The van der Waals surface area contributed by atoms with Crippen molar-refractivity contribution in [3.63, 3.8) is 0 Å². The van der Waals surface area contributed by atoms with Crippen LogP contribution in [0, 0.1) is 19.8 Å². The molecular weight excluding hydrogens is 594 g/mol. The number of thiocarbonyl (C=S) groups is 1. The number of hydrogen-bond acceptors (Lipinski definition) is 3. The molecule has 39 heavy (non-hydrogen) atoms. The van der Waals surface area contributed by atoms with Crippen LogP contribution in [0.4, 0.5) is 11.4 Å². The van der Waals surface area contributed by atoms with Crippen LogP contribution in [0.5, 0.6) is 0 Å². The Labute approximate surface area is 247 Å². The number of aryl methyl sites for hydroxylation is 1. The Kier molecular flexibility index (Phi) is 7.80. The molecule has 1 fully saturated rings. The molecule has 2 atom stereocenters. The molecule has 2 aromatic heterocycles. The van der Waals surface area contributed by atoms with Gasteiger partial charge in [0.1, 0.15) is 0 Å². The summed E-state index contributed by atoms with van der Waals surface area (Å²) in [5.41, 5.74) is 6.70. The van der Waals surface area contributed by atoms with Gasteiger partial charge in [-0.25, -0.2) is 0 Å². The Bertz CT molecular complexity index is 1550. The Morgan fingerprint density at radius 1 is 1.10 bits per heavy atom. The molecule has 4 aromatic rings. The smallest absolute Gasteiger partial charge is 0.226 e. The zero-order valence-electron chi connectivity index (χ0n) is 22.1. The van der Waals surface area contributed by atoms with Gasteiger partial charge >= 0.3 is 0 Å². The maximum absolute atomic E-state index is 12.3. The van der Waals surface area contributed by atoms with E-state index in [0.717, 1.165) is 38.5 Å². The molecule has 2 aromatic carbocycles. The summed E-state index contributed by atoms with van der Waals surface area (Å²) >= 11 is 16.3. The zero-order valence-corrected chi connectivity index (χ0v) is 25.2. The van der Waals surface area contributed by atoms with Crippen molar-refractivity contribution in [3.05, 3.63) is 105 Å². The predicted octanol–water partition coefficient (Wildman–Crippen LogP) is 7.68. The largest absolute Gasteiger partial charge is 0.351 e. The highest BCUT2D eigenvalue weighted by atomic mass is 79.9. The number of hydrogen-bond donors (Lipinski definition) is 2. The van der Waals surface area contributed by atoms with E-state index in [1.807, 2.05) is 68.4 Å². The average Bonchev–Trinajstić information content (AvgIpc) is 3.41. The fourth-order valence-electron chi connectivity index (χ4n) is 5.07. The van der Waals surface area contributed by atoms with E-state index >= 15 is 0 Å². The first-order valence-electron chi connectivity index (χ1n) is 12.7. The first-order chi connectivity index (χ1) is 18.7. The van der Waals surface area contributed by atoms with E-state index < -0.39 is 0 Å². The first-order valence-corrected chi connectivity index (χ1v) is 14.3. The van der Waals surface area contributed by atoms with Crippen molar-refractivity contribution >= 4 is 62.1 Å². The van der Waals surface area contributed by atoms with E-state index in [1.165, 1.54) is 0 Å². The van der Waals surface area contributed by atoms with Gasteiger partial charge in [-0.3, -0.25) is 9.78 Å². The lowest BCUT2D eigenvalue weighted by molar-refractivity contribution is -0.118. The molecule has 1 aliphatic heterocycles. The quantitative estimate of drug-likeness (QED) is 0.216. The molecule has 0 spiro atoms. The maximum Gasteiger partial charge on any atom is 0.226 e. The van der Waals surface area contributed by atoms with Crippen molar-refractivity contribution in [1.29, 1.82) is 0 Å². The molecule has 0 unspecified atom stereocenters. The predicted molar refractivity (Wildman–Crippen MR) is 166 cm³/mol. The number of nitrogens with zero attached hydrogens (tertiary/aromatic N) is 3. The van der Waals surface area contributed by atoms with E-state index in [4.69, 9.17) is 23.8 Å². The van der Waals surface area contributed by atoms with Gasteiger partial charge in [0.05, 0.1) is 34.2 Å². The van der Waals surface area contributed by atoms with Gasteiger partial charge in [-0.15, -0.1) is 0 Å². The average molecular weight is 623 g/mol. The van der Waals surface area contributed by atoms with Crippen LogP contribution in [-0.2, 0) is 4.79 Å². The van der Waals surface area contributed by atoms with Gasteiger partial charge in [0.25, 0.3) is 0 Å². The first kappa shape index (κ1) is 27.4. The molecule has 2 N–H and O–H groups in total. The monoisotopic (exact) mass is 621 g/mol. The Morgan fingerprint density at radius 2 is 1.85 bits per heavy atom. The van der Waals surface area contributed by atoms with Crippen molar-refractivity contribution in [2.24, 2.45) is 5.92 Å². The highest BCUT2D eigenvalue weighted by Crippen LogP contribution is 2.45. The molecule has 1 amide bonds. The number of amides is 1. The minimum absolute atomic E-state index is 0.0874. The molecule has 0 aliphatic carbocycles. The third-order valence-electron chi connectivity index (χ3n) is 6.99. The molecule has 0 saturated carbocycles. The van der Waals surface area contributed by atoms with Crippen molar-refractivity contribution in [3.8, 4) is 5.69 Å². The van der Waals surface area contributed by atoms with E-state index in [2.05, 4.69) is 67.0 Å². The van der Waals surface area contributed by atoms with Gasteiger partial charge in [0.2, 0.25) is 5.91 Å². The van der Waals surface area contributed by atoms with E-state index in [9.17, 15) is 4.79 Å². The van der Waals surface area contributed by atoms with Crippen molar-refractivity contribution in [2.45, 2.75) is 39.8 Å². The van der Waals surface area contributed by atoms with Crippen LogP contribution in [0.25, 0.3) is 5.69 Å². The number of halogens is 2. The molecule has 200 valence electrons. The summed E-state index contributed by atoms with van der Waals surface area (Å²) in [6.45, 7) is 7.94. The summed E-state index contributed by atoms with van der Waals surface area (Å²) in [6, 6.07) is 21.6. The second-order valence-electron chi connectivity index (χ2n) is 9.92. The molecule has 0 radical (unpaired) electrons. The lowest BCUT2D eigenvalue weighted by atomic mass is 9.96. The van der Waals surface area contributed by atoms with Crippen LogP contribution in [-0.4, -0.2) is 20.6 Å². The lowest BCUT2D eigenvalue weighted by Gasteiger charge is -2.28. The third-order valence-corrected chi connectivity index (χ3v) is 8.29. The van der Waals surface area contributed by atoms with Crippen molar-refractivity contribution in [1.82, 2.24) is 14.9 Å². The summed E-state index contributed by atoms with van der Waals surface area (Å²) in [4.78, 5) is 19.1. The molecule has 3 heterocycles. The van der Waals surface area contributed by atoms with Gasteiger partial charge in [0.15, 0.2) is 5.11 Å². The second kappa shape index (κ2) is 11.1.